The van der Waals surface area contributed by atoms with Gasteiger partial charge in [0, 0.05) is 0 Å². The highest BCUT2D eigenvalue weighted by molar-refractivity contribution is 7.91. The van der Waals surface area contributed by atoms with Crippen molar-refractivity contribution in [2.75, 3.05) is 0 Å². The van der Waals surface area contributed by atoms with Crippen molar-refractivity contribution in [2.24, 2.45) is 5.92 Å². The molecule has 1 atom stereocenters. The van der Waals surface area contributed by atoms with Gasteiger partial charge in [-0.15, -0.1) is 0 Å². The van der Waals surface area contributed by atoms with Crippen LogP contribution in [0.5, 0.6) is 0 Å². The average molecular weight is 397 g/mol. The molecule has 0 unspecified atom stereocenters. The second-order valence-electron chi connectivity index (χ2n) is 5.97. The Kier molecular flexibility index (Phi) is 5.84. The highest BCUT2D eigenvalue weighted by atomic mass is 32.2. The van der Waals surface area contributed by atoms with Crippen LogP contribution in [0.3, 0.4) is 0 Å². The zero-order valence-electron chi connectivity index (χ0n) is 14.2. The number of carboxylic acids is 1. The van der Waals surface area contributed by atoms with Crippen molar-refractivity contribution in [1.29, 1.82) is 0 Å². The van der Waals surface area contributed by atoms with E-state index in [0.29, 0.717) is 0 Å². The lowest BCUT2D eigenvalue weighted by atomic mass is 10.1. The van der Waals surface area contributed by atoms with Gasteiger partial charge in [0.05, 0.1) is 14.7 Å². The van der Waals surface area contributed by atoms with Crippen LogP contribution >= 0.6 is 0 Å². The Balaban J connectivity index is 2.44. The Labute approximate surface area is 152 Å². The number of sulfonamides is 1. The highest BCUT2D eigenvalue weighted by Gasteiger charge is 2.29. The first-order valence-corrected chi connectivity index (χ1v) is 10.7. The Hall–Kier alpha value is -2.23. The molecule has 2 rings (SSSR count). The normalized spacial score (nSPS) is 13.5. The summed E-state index contributed by atoms with van der Waals surface area (Å²) in [7, 11) is -8.10. The van der Waals surface area contributed by atoms with Gasteiger partial charge in [-0.3, -0.25) is 4.79 Å². The molecule has 2 aromatic carbocycles. The quantitative estimate of drug-likeness (QED) is 0.737. The lowest BCUT2D eigenvalue weighted by Crippen LogP contribution is -2.44. The van der Waals surface area contributed by atoms with Gasteiger partial charge < -0.3 is 5.11 Å². The standard InChI is InChI=1S/C17H19NO6S2/c1-12(2)16(17(19)20)18-26(23,24)15-10-6-9-14(11-15)25(21,22)13-7-4-3-5-8-13/h3-12,16,18H,1-2H3,(H,19,20)/t16-/m1/s1. The molecular weight excluding hydrogens is 378 g/mol. The van der Waals surface area contributed by atoms with E-state index in [1.165, 1.54) is 30.3 Å². The van der Waals surface area contributed by atoms with E-state index in [1.807, 2.05) is 0 Å². The minimum absolute atomic E-state index is 0.0353. The SMILES string of the molecule is CC(C)[C@@H](NS(=O)(=O)c1cccc(S(=O)(=O)c2ccccc2)c1)C(=O)O. The summed E-state index contributed by atoms with van der Waals surface area (Å²) in [6.45, 7) is 3.13. The van der Waals surface area contributed by atoms with Crippen LogP contribution in [0.15, 0.2) is 69.3 Å². The molecule has 0 aliphatic heterocycles. The third-order valence-corrected chi connectivity index (χ3v) is 6.90. The third kappa shape index (κ3) is 4.29. The first kappa shape index (κ1) is 20.1. The van der Waals surface area contributed by atoms with Crippen LogP contribution in [0.2, 0.25) is 0 Å². The summed E-state index contributed by atoms with van der Waals surface area (Å²) in [4.78, 5) is 10.8. The predicted octanol–water partition coefficient (Wildman–Crippen LogP) is 1.91. The van der Waals surface area contributed by atoms with Gasteiger partial charge >= 0.3 is 5.97 Å². The Bertz CT molecular complexity index is 999. The highest BCUT2D eigenvalue weighted by Crippen LogP contribution is 2.23. The minimum atomic E-state index is -4.21. The molecule has 0 saturated carbocycles. The van der Waals surface area contributed by atoms with E-state index in [0.717, 1.165) is 6.07 Å². The Morgan fingerprint density at radius 3 is 1.96 bits per heavy atom. The molecule has 140 valence electrons. The second kappa shape index (κ2) is 7.56. The average Bonchev–Trinajstić information content (AvgIpc) is 2.60. The first-order chi connectivity index (χ1) is 12.1. The van der Waals surface area contributed by atoms with Gasteiger partial charge in [0.25, 0.3) is 0 Å². The molecule has 0 bridgehead atoms. The smallest absolute Gasteiger partial charge is 0.322 e. The largest absolute Gasteiger partial charge is 0.480 e. The van der Waals surface area contributed by atoms with E-state index < -0.39 is 37.8 Å². The molecule has 2 aromatic rings. The number of nitrogens with one attached hydrogen (secondary N) is 1. The van der Waals surface area contributed by atoms with Crippen molar-refractivity contribution >= 4 is 25.8 Å². The van der Waals surface area contributed by atoms with E-state index in [1.54, 1.807) is 32.0 Å². The van der Waals surface area contributed by atoms with Crippen molar-refractivity contribution in [3.8, 4) is 0 Å². The van der Waals surface area contributed by atoms with Crippen LogP contribution < -0.4 is 4.72 Å². The molecule has 9 heteroatoms. The molecule has 7 nitrogen and oxygen atoms in total. The summed E-state index contributed by atoms with van der Waals surface area (Å²) >= 11 is 0. The molecule has 0 aromatic heterocycles. The van der Waals surface area contributed by atoms with Gasteiger partial charge in [0.2, 0.25) is 19.9 Å². The molecule has 2 N–H and O–H groups in total. The number of aliphatic carboxylic acids is 1. The third-order valence-electron chi connectivity index (χ3n) is 3.69. The molecule has 0 aliphatic carbocycles. The van der Waals surface area contributed by atoms with Gasteiger partial charge in [0.1, 0.15) is 6.04 Å². The molecular formula is C17H19NO6S2. The summed E-state index contributed by atoms with van der Waals surface area (Å²) in [5, 5.41) is 9.16. The second-order valence-corrected chi connectivity index (χ2v) is 9.64. The van der Waals surface area contributed by atoms with Crippen LogP contribution in [0, 0.1) is 5.92 Å². The summed E-state index contributed by atoms with van der Waals surface area (Å²) in [5.74, 6) is -1.80. The lowest BCUT2D eigenvalue weighted by molar-refractivity contribution is -0.140. The fourth-order valence-corrected chi connectivity index (χ4v) is 5.04. The van der Waals surface area contributed by atoms with E-state index in [4.69, 9.17) is 5.11 Å². The fourth-order valence-electron chi connectivity index (χ4n) is 2.25. The van der Waals surface area contributed by atoms with Gasteiger partial charge in [0.15, 0.2) is 0 Å². The number of benzene rings is 2. The van der Waals surface area contributed by atoms with Gasteiger partial charge in [-0.2, -0.15) is 4.72 Å². The fraction of sp³-hybridized carbons (Fsp3) is 0.235. The van der Waals surface area contributed by atoms with Gasteiger partial charge in [-0.05, 0) is 36.2 Å². The van der Waals surface area contributed by atoms with Gasteiger partial charge in [-0.1, -0.05) is 38.1 Å². The molecule has 0 heterocycles. The van der Waals surface area contributed by atoms with E-state index in [2.05, 4.69) is 4.72 Å². The Morgan fingerprint density at radius 1 is 0.885 bits per heavy atom. The van der Waals surface area contributed by atoms with Crippen molar-refractivity contribution in [3.05, 3.63) is 54.6 Å². The number of rotatable bonds is 7. The molecule has 0 amide bonds. The Morgan fingerprint density at radius 2 is 1.42 bits per heavy atom. The van der Waals surface area contributed by atoms with Crippen molar-refractivity contribution in [2.45, 2.75) is 34.6 Å². The molecule has 26 heavy (non-hydrogen) atoms. The van der Waals surface area contributed by atoms with Crippen LogP contribution in [0.4, 0.5) is 0 Å². The zero-order chi connectivity index (χ0) is 19.5. The van der Waals surface area contributed by atoms with Crippen LogP contribution in [-0.4, -0.2) is 34.0 Å². The minimum Gasteiger partial charge on any atom is -0.480 e. The summed E-state index contributed by atoms with van der Waals surface area (Å²) in [6, 6.07) is 11.1. The predicted molar refractivity (Wildman–Crippen MR) is 94.9 cm³/mol. The van der Waals surface area contributed by atoms with Crippen LogP contribution in [-0.2, 0) is 24.7 Å². The van der Waals surface area contributed by atoms with Crippen molar-refractivity contribution in [1.82, 2.24) is 4.72 Å². The molecule has 0 radical (unpaired) electrons. The first-order valence-electron chi connectivity index (χ1n) is 7.71. The number of carboxylic acid groups (broad SMARTS) is 1. The summed E-state index contributed by atoms with van der Waals surface area (Å²) < 4.78 is 52.4. The number of sulfone groups is 1. The lowest BCUT2D eigenvalue weighted by Gasteiger charge is -2.18. The van der Waals surface area contributed by atoms with Crippen LogP contribution in [0.1, 0.15) is 13.8 Å². The van der Waals surface area contributed by atoms with E-state index in [-0.39, 0.29) is 14.7 Å². The van der Waals surface area contributed by atoms with Crippen molar-refractivity contribution < 1.29 is 26.7 Å². The number of carbonyl (C=O) groups is 1. The topological polar surface area (TPSA) is 118 Å². The summed E-state index contributed by atoms with van der Waals surface area (Å²) in [5.41, 5.74) is 0. The zero-order valence-corrected chi connectivity index (χ0v) is 15.8. The molecule has 0 spiro atoms. The summed E-state index contributed by atoms with van der Waals surface area (Å²) in [6.07, 6.45) is 0. The van der Waals surface area contributed by atoms with Gasteiger partial charge in [-0.25, -0.2) is 16.8 Å². The number of hydrogen-bond acceptors (Lipinski definition) is 5. The molecule has 0 fully saturated rings. The van der Waals surface area contributed by atoms with Crippen molar-refractivity contribution in [3.63, 3.8) is 0 Å². The maximum atomic E-state index is 12.6. The monoisotopic (exact) mass is 397 g/mol. The molecule has 0 aliphatic rings. The van der Waals surface area contributed by atoms with E-state index >= 15 is 0 Å². The number of hydrogen-bond donors (Lipinski definition) is 2. The maximum Gasteiger partial charge on any atom is 0.322 e. The maximum absolute atomic E-state index is 12.6. The molecule has 0 saturated heterocycles. The van der Waals surface area contributed by atoms with E-state index in [9.17, 15) is 21.6 Å². The van der Waals surface area contributed by atoms with Crippen LogP contribution in [0.25, 0.3) is 0 Å².